The molecule has 16 heavy (non-hydrogen) atoms. The lowest BCUT2D eigenvalue weighted by atomic mass is 10.2. The van der Waals surface area contributed by atoms with Gasteiger partial charge in [-0.15, -0.1) is 0 Å². The Morgan fingerprint density at radius 1 is 1.31 bits per heavy atom. The molecule has 2 rings (SSSR count). The maximum Gasteiger partial charge on any atom is 0.273 e. The second-order valence-corrected chi connectivity index (χ2v) is 3.64. The van der Waals surface area contributed by atoms with Gasteiger partial charge in [0.15, 0.2) is 5.02 Å². The van der Waals surface area contributed by atoms with E-state index >= 15 is 0 Å². The summed E-state index contributed by atoms with van der Waals surface area (Å²) in [6.45, 7) is 1.97. The Morgan fingerprint density at radius 2 is 2.00 bits per heavy atom. The fourth-order valence-electron chi connectivity index (χ4n) is 1.16. The van der Waals surface area contributed by atoms with Gasteiger partial charge in [0.1, 0.15) is 5.75 Å². The predicted molar refractivity (Wildman–Crippen MR) is 61.1 cm³/mol. The molecule has 0 unspecified atom stereocenters. The molecule has 1 N–H and O–H groups in total. The summed E-state index contributed by atoms with van der Waals surface area (Å²) in [5.74, 6) is 0.694. The smallest absolute Gasteiger partial charge is 0.273 e. The number of ether oxygens (including phenoxy) is 1. The Hall–Kier alpha value is -1.81. The van der Waals surface area contributed by atoms with Crippen LogP contribution in [0.4, 0.5) is 0 Å². The minimum Gasteiger partial charge on any atom is -0.437 e. The zero-order chi connectivity index (χ0) is 11.5. The van der Waals surface area contributed by atoms with Gasteiger partial charge in [0, 0.05) is 0 Å². The molecule has 0 radical (unpaired) electrons. The Labute approximate surface area is 96.9 Å². The van der Waals surface area contributed by atoms with Crippen LogP contribution in [0.3, 0.4) is 0 Å². The number of nitrogens with zero attached hydrogens (tertiary/aromatic N) is 1. The van der Waals surface area contributed by atoms with Gasteiger partial charge in [0.05, 0.1) is 6.33 Å². The van der Waals surface area contributed by atoms with Crippen LogP contribution in [-0.4, -0.2) is 9.97 Å². The molecule has 0 saturated heterocycles. The summed E-state index contributed by atoms with van der Waals surface area (Å²) >= 11 is 5.74. The SMILES string of the molecule is Cc1ccc(Oc2nc[nH]c(=O)c2Cl)cc1. The van der Waals surface area contributed by atoms with Crippen molar-refractivity contribution < 1.29 is 4.74 Å². The fourth-order valence-corrected chi connectivity index (χ4v) is 1.30. The number of halogens is 1. The molecule has 0 atom stereocenters. The molecule has 0 saturated carbocycles. The number of aryl methyl sites for hydroxylation is 1. The Kier molecular flexibility index (Phi) is 2.92. The zero-order valence-corrected chi connectivity index (χ0v) is 9.28. The van der Waals surface area contributed by atoms with Gasteiger partial charge in [-0.1, -0.05) is 29.3 Å². The van der Waals surface area contributed by atoms with E-state index in [1.54, 1.807) is 12.1 Å². The quantitative estimate of drug-likeness (QED) is 0.872. The first-order valence-corrected chi connectivity index (χ1v) is 5.02. The number of H-pyrrole nitrogens is 1. The Balaban J connectivity index is 2.30. The number of hydrogen-bond acceptors (Lipinski definition) is 3. The predicted octanol–water partition coefficient (Wildman–Crippen LogP) is 2.52. The number of aromatic amines is 1. The number of aromatic nitrogens is 2. The molecule has 82 valence electrons. The first-order valence-electron chi connectivity index (χ1n) is 4.64. The largest absolute Gasteiger partial charge is 0.437 e. The standard InChI is InChI=1S/C11H9ClN2O2/c1-7-2-4-8(5-3-7)16-11-9(12)10(15)13-6-14-11/h2-6H,1H3,(H,13,14,15). The van der Waals surface area contributed by atoms with Gasteiger partial charge in [-0.25, -0.2) is 4.98 Å². The number of benzene rings is 1. The molecule has 1 aromatic heterocycles. The molecule has 0 amide bonds. The van der Waals surface area contributed by atoms with Crippen LogP contribution in [0.15, 0.2) is 35.4 Å². The molecule has 5 heteroatoms. The van der Waals surface area contributed by atoms with Crippen molar-refractivity contribution in [3.8, 4) is 11.6 Å². The second kappa shape index (κ2) is 4.37. The first-order chi connectivity index (χ1) is 7.66. The lowest BCUT2D eigenvalue weighted by molar-refractivity contribution is 0.460. The summed E-state index contributed by atoms with van der Waals surface area (Å²) in [7, 11) is 0. The normalized spacial score (nSPS) is 10.1. The van der Waals surface area contributed by atoms with Gasteiger partial charge in [-0.2, -0.15) is 0 Å². The van der Waals surface area contributed by atoms with Crippen molar-refractivity contribution in [1.82, 2.24) is 9.97 Å². The molecule has 0 aliphatic carbocycles. The Morgan fingerprint density at radius 3 is 2.69 bits per heavy atom. The van der Waals surface area contributed by atoms with Crippen molar-refractivity contribution in [2.75, 3.05) is 0 Å². The number of hydrogen-bond donors (Lipinski definition) is 1. The van der Waals surface area contributed by atoms with Crippen LogP contribution < -0.4 is 10.3 Å². The molecule has 0 bridgehead atoms. The van der Waals surface area contributed by atoms with Crippen molar-refractivity contribution in [3.63, 3.8) is 0 Å². The van der Waals surface area contributed by atoms with Crippen molar-refractivity contribution in [2.45, 2.75) is 6.92 Å². The van der Waals surface area contributed by atoms with Crippen LogP contribution in [-0.2, 0) is 0 Å². The van der Waals surface area contributed by atoms with Crippen molar-refractivity contribution in [3.05, 3.63) is 51.5 Å². The van der Waals surface area contributed by atoms with Crippen LogP contribution >= 0.6 is 11.6 Å². The maximum atomic E-state index is 11.2. The minimum absolute atomic E-state index is 0.0527. The van der Waals surface area contributed by atoms with E-state index in [0.717, 1.165) is 5.56 Å². The highest BCUT2D eigenvalue weighted by atomic mass is 35.5. The van der Waals surface area contributed by atoms with Gasteiger partial charge < -0.3 is 9.72 Å². The molecule has 0 spiro atoms. The molecule has 1 aromatic carbocycles. The van der Waals surface area contributed by atoms with Crippen LogP contribution in [0.25, 0.3) is 0 Å². The summed E-state index contributed by atoms with van der Waals surface area (Å²) in [5.41, 5.74) is 0.705. The average molecular weight is 237 g/mol. The third-order valence-electron chi connectivity index (χ3n) is 2.00. The lowest BCUT2D eigenvalue weighted by Gasteiger charge is -2.05. The van der Waals surface area contributed by atoms with E-state index in [9.17, 15) is 4.79 Å². The van der Waals surface area contributed by atoms with Crippen molar-refractivity contribution >= 4 is 11.6 Å². The highest BCUT2D eigenvalue weighted by molar-refractivity contribution is 6.31. The monoisotopic (exact) mass is 236 g/mol. The van der Waals surface area contributed by atoms with Crippen LogP contribution in [0, 0.1) is 6.92 Å². The summed E-state index contributed by atoms with van der Waals surface area (Å²) in [6, 6.07) is 7.37. The van der Waals surface area contributed by atoms with E-state index in [4.69, 9.17) is 16.3 Å². The average Bonchev–Trinajstić information content (AvgIpc) is 2.28. The van der Waals surface area contributed by atoms with Gasteiger partial charge in [0.2, 0.25) is 5.88 Å². The van der Waals surface area contributed by atoms with Gasteiger partial charge >= 0.3 is 0 Å². The molecule has 4 nitrogen and oxygen atoms in total. The topological polar surface area (TPSA) is 55.0 Å². The third-order valence-corrected chi connectivity index (χ3v) is 2.33. The summed E-state index contributed by atoms with van der Waals surface area (Å²) < 4.78 is 5.38. The highest BCUT2D eigenvalue weighted by Gasteiger charge is 2.07. The van der Waals surface area contributed by atoms with Crippen molar-refractivity contribution in [2.24, 2.45) is 0 Å². The van der Waals surface area contributed by atoms with E-state index < -0.39 is 5.56 Å². The van der Waals surface area contributed by atoms with Crippen LogP contribution in [0.1, 0.15) is 5.56 Å². The summed E-state index contributed by atoms with van der Waals surface area (Å²) in [6.07, 6.45) is 1.25. The first kappa shape index (κ1) is 10.7. The minimum atomic E-state index is -0.418. The molecular formula is C11H9ClN2O2. The fraction of sp³-hybridized carbons (Fsp3) is 0.0909. The molecule has 0 aliphatic heterocycles. The van der Waals surface area contributed by atoms with Crippen LogP contribution in [0.5, 0.6) is 11.6 Å². The maximum absolute atomic E-state index is 11.2. The van der Waals surface area contributed by atoms with E-state index in [0.29, 0.717) is 5.75 Å². The van der Waals surface area contributed by atoms with Gasteiger partial charge in [0.25, 0.3) is 5.56 Å². The van der Waals surface area contributed by atoms with E-state index in [1.807, 2.05) is 19.1 Å². The van der Waals surface area contributed by atoms with Gasteiger partial charge in [-0.05, 0) is 19.1 Å². The summed E-state index contributed by atoms with van der Waals surface area (Å²) in [5, 5.41) is -0.0527. The zero-order valence-electron chi connectivity index (χ0n) is 8.53. The van der Waals surface area contributed by atoms with Gasteiger partial charge in [-0.3, -0.25) is 4.79 Å². The molecule has 2 aromatic rings. The Bertz CT molecular complexity index is 549. The highest BCUT2D eigenvalue weighted by Crippen LogP contribution is 2.23. The molecule has 0 fully saturated rings. The summed E-state index contributed by atoms with van der Waals surface area (Å²) in [4.78, 5) is 17.4. The number of rotatable bonds is 2. The molecule has 1 heterocycles. The molecule has 0 aliphatic rings. The van der Waals surface area contributed by atoms with E-state index in [2.05, 4.69) is 9.97 Å². The third kappa shape index (κ3) is 2.23. The van der Waals surface area contributed by atoms with Crippen LogP contribution in [0.2, 0.25) is 5.02 Å². The van der Waals surface area contributed by atoms with Crippen molar-refractivity contribution in [1.29, 1.82) is 0 Å². The second-order valence-electron chi connectivity index (χ2n) is 3.27. The van der Waals surface area contributed by atoms with E-state index in [-0.39, 0.29) is 10.9 Å². The lowest BCUT2D eigenvalue weighted by Crippen LogP contribution is -2.07. The number of nitrogens with one attached hydrogen (secondary N) is 1. The van der Waals surface area contributed by atoms with E-state index in [1.165, 1.54) is 6.33 Å². The molecular weight excluding hydrogens is 228 g/mol.